The van der Waals surface area contributed by atoms with Gasteiger partial charge in [-0.1, -0.05) is 19.9 Å². The van der Waals surface area contributed by atoms with Crippen LogP contribution in [0.5, 0.6) is 5.75 Å². The number of carbonyl (C=O) groups is 2. The second-order valence-corrected chi connectivity index (χ2v) is 8.58. The van der Waals surface area contributed by atoms with Gasteiger partial charge < -0.3 is 20.1 Å². The minimum atomic E-state index is -1.04. The van der Waals surface area contributed by atoms with Crippen molar-refractivity contribution in [2.75, 3.05) is 17.2 Å². The maximum Gasteiger partial charge on any atom is 0.353 e. The molecule has 4 N–H and O–H groups in total. The Morgan fingerprint density at radius 3 is 2.71 bits per heavy atom. The predicted octanol–water partition coefficient (Wildman–Crippen LogP) is 4.34. The molecule has 9 nitrogen and oxygen atoms in total. The normalized spacial score (nSPS) is 10.8. The summed E-state index contributed by atoms with van der Waals surface area (Å²) in [6, 6.07) is 5.21. The number of carboxylic acid groups (broad SMARTS) is 1. The summed E-state index contributed by atoms with van der Waals surface area (Å²) in [4.78, 5) is 35.3. The van der Waals surface area contributed by atoms with Crippen molar-refractivity contribution >= 4 is 34.2 Å². The summed E-state index contributed by atoms with van der Waals surface area (Å²) in [6.45, 7) is 6.65. The molecule has 3 rings (SSSR count). The molecular formula is C21H25N5O4S. The Morgan fingerprint density at radius 2 is 2.00 bits per heavy atom. The molecule has 2 heterocycles. The van der Waals surface area contributed by atoms with Gasteiger partial charge in [0.25, 0.3) is 0 Å². The Hall–Kier alpha value is -3.40. The average molecular weight is 444 g/mol. The summed E-state index contributed by atoms with van der Waals surface area (Å²) in [5, 5.41) is 14.9. The Labute approximate surface area is 183 Å². The van der Waals surface area contributed by atoms with E-state index in [0.29, 0.717) is 47.8 Å². The summed E-state index contributed by atoms with van der Waals surface area (Å²) in [7, 11) is 0. The number of aromatic carboxylic acids is 1. The van der Waals surface area contributed by atoms with Crippen molar-refractivity contribution in [3.05, 3.63) is 52.6 Å². The number of ether oxygens (including phenoxy) is 1. The second-order valence-electron chi connectivity index (χ2n) is 7.46. The van der Waals surface area contributed by atoms with Crippen LogP contribution in [0.3, 0.4) is 0 Å². The zero-order valence-electron chi connectivity index (χ0n) is 17.6. The number of amides is 2. The minimum absolute atomic E-state index is 0.0613. The van der Waals surface area contributed by atoms with Gasteiger partial charge in [-0.15, -0.1) is 11.3 Å². The number of anilines is 2. The van der Waals surface area contributed by atoms with Crippen LogP contribution in [0.1, 0.15) is 40.6 Å². The quantitative estimate of drug-likeness (QED) is 0.389. The molecule has 2 aromatic heterocycles. The molecule has 0 fully saturated rings. The molecule has 2 amide bonds. The maximum absolute atomic E-state index is 12.4. The van der Waals surface area contributed by atoms with Gasteiger partial charge in [0.15, 0.2) is 5.13 Å². The van der Waals surface area contributed by atoms with E-state index in [2.05, 4.69) is 39.4 Å². The number of aromatic nitrogens is 3. The summed E-state index contributed by atoms with van der Waals surface area (Å²) in [6.07, 6.45) is 4.15. The minimum Gasteiger partial charge on any atom is -0.491 e. The monoisotopic (exact) mass is 443 g/mol. The van der Waals surface area contributed by atoms with E-state index in [1.54, 1.807) is 6.20 Å². The molecule has 0 saturated heterocycles. The van der Waals surface area contributed by atoms with Crippen LogP contribution in [-0.4, -0.2) is 38.7 Å². The standard InChI is InChI=1S/C21H25N5O4S/c1-12(2)11-30-17-8-13(3)4-6-15(17)25-20(29)26-21-23-9-14(31-21)5-7-18-22-10-16(24-18)19(27)28/h4,6,8-10,12H,5,7,11H2,1-3H3,(H,22,24)(H,27,28)(H2,23,25,26,29). The van der Waals surface area contributed by atoms with Crippen LogP contribution in [0.15, 0.2) is 30.6 Å². The molecule has 0 atom stereocenters. The largest absolute Gasteiger partial charge is 0.491 e. The van der Waals surface area contributed by atoms with Gasteiger partial charge in [0.1, 0.15) is 17.3 Å². The number of H-pyrrole nitrogens is 1. The Balaban J connectivity index is 1.55. The molecule has 0 bridgehead atoms. The van der Waals surface area contributed by atoms with Crippen molar-refractivity contribution in [3.63, 3.8) is 0 Å². The highest BCUT2D eigenvalue weighted by Gasteiger charge is 2.12. The third-order valence-corrected chi connectivity index (χ3v) is 5.17. The molecule has 0 spiro atoms. The molecule has 1 aromatic carbocycles. The van der Waals surface area contributed by atoms with Gasteiger partial charge >= 0.3 is 12.0 Å². The molecule has 31 heavy (non-hydrogen) atoms. The number of hydrogen-bond donors (Lipinski definition) is 4. The van der Waals surface area contributed by atoms with E-state index in [9.17, 15) is 9.59 Å². The Morgan fingerprint density at radius 1 is 1.19 bits per heavy atom. The zero-order chi connectivity index (χ0) is 22.4. The third-order valence-electron chi connectivity index (χ3n) is 4.20. The summed E-state index contributed by atoms with van der Waals surface area (Å²) >= 11 is 1.35. The molecular weight excluding hydrogens is 418 g/mol. The number of carbonyl (C=O) groups excluding carboxylic acids is 1. The molecule has 0 aliphatic heterocycles. The van der Waals surface area contributed by atoms with Gasteiger partial charge in [-0.3, -0.25) is 5.32 Å². The topological polar surface area (TPSA) is 129 Å². The first-order valence-electron chi connectivity index (χ1n) is 9.83. The third kappa shape index (κ3) is 6.54. The first-order valence-corrected chi connectivity index (χ1v) is 10.6. The van der Waals surface area contributed by atoms with Crippen molar-refractivity contribution in [2.24, 2.45) is 5.92 Å². The van der Waals surface area contributed by atoms with Crippen molar-refractivity contribution in [1.29, 1.82) is 0 Å². The van der Waals surface area contributed by atoms with Gasteiger partial charge in [0.2, 0.25) is 0 Å². The molecule has 0 unspecified atom stereocenters. The zero-order valence-corrected chi connectivity index (χ0v) is 18.4. The van der Waals surface area contributed by atoms with Crippen LogP contribution >= 0.6 is 11.3 Å². The Kier molecular flexibility index (Phi) is 7.24. The van der Waals surface area contributed by atoms with Crippen LogP contribution in [0.4, 0.5) is 15.6 Å². The number of urea groups is 1. The number of aryl methyl sites for hydroxylation is 3. The number of benzene rings is 1. The fourth-order valence-corrected chi connectivity index (χ4v) is 3.49. The van der Waals surface area contributed by atoms with Crippen molar-refractivity contribution in [1.82, 2.24) is 15.0 Å². The number of nitrogens with zero attached hydrogens (tertiary/aromatic N) is 2. The van der Waals surface area contributed by atoms with Crippen LogP contribution < -0.4 is 15.4 Å². The summed E-state index contributed by atoms with van der Waals surface area (Å²) < 4.78 is 5.82. The lowest BCUT2D eigenvalue weighted by Gasteiger charge is -2.14. The number of aromatic amines is 1. The highest BCUT2D eigenvalue weighted by molar-refractivity contribution is 7.15. The molecule has 3 aromatic rings. The van der Waals surface area contributed by atoms with Gasteiger partial charge in [-0.05, 0) is 37.0 Å². The van der Waals surface area contributed by atoms with Crippen LogP contribution in [0.2, 0.25) is 0 Å². The highest BCUT2D eigenvalue weighted by Crippen LogP contribution is 2.27. The molecule has 0 saturated carbocycles. The van der Waals surface area contributed by atoms with Crippen molar-refractivity contribution in [3.8, 4) is 5.75 Å². The van der Waals surface area contributed by atoms with Gasteiger partial charge in [0.05, 0.1) is 18.5 Å². The molecule has 10 heteroatoms. The lowest BCUT2D eigenvalue weighted by atomic mass is 10.2. The van der Waals surface area contributed by atoms with E-state index in [1.807, 2.05) is 25.1 Å². The molecule has 164 valence electrons. The van der Waals surface area contributed by atoms with Crippen LogP contribution in [0.25, 0.3) is 0 Å². The lowest BCUT2D eigenvalue weighted by molar-refractivity contribution is 0.0691. The lowest BCUT2D eigenvalue weighted by Crippen LogP contribution is -2.20. The maximum atomic E-state index is 12.4. The Bertz CT molecular complexity index is 1060. The van der Waals surface area contributed by atoms with E-state index < -0.39 is 12.0 Å². The van der Waals surface area contributed by atoms with E-state index >= 15 is 0 Å². The summed E-state index contributed by atoms with van der Waals surface area (Å²) in [5.41, 5.74) is 1.69. The van der Waals surface area contributed by atoms with Gasteiger partial charge in [-0.2, -0.15) is 0 Å². The number of rotatable bonds is 9. The predicted molar refractivity (Wildman–Crippen MR) is 119 cm³/mol. The van der Waals surface area contributed by atoms with Crippen molar-refractivity contribution < 1.29 is 19.4 Å². The molecule has 0 aliphatic rings. The van der Waals surface area contributed by atoms with E-state index in [-0.39, 0.29) is 5.69 Å². The average Bonchev–Trinajstić information content (AvgIpc) is 3.36. The molecule has 0 aliphatic carbocycles. The van der Waals surface area contributed by atoms with Crippen LogP contribution in [-0.2, 0) is 12.8 Å². The fourth-order valence-electron chi connectivity index (χ4n) is 2.68. The number of nitrogens with one attached hydrogen (secondary N) is 3. The SMILES string of the molecule is Cc1ccc(NC(=O)Nc2ncc(CCc3ncc(C(=O)O)[nH]3)s2)c(OCC(C)C)c1. The number of carboxylic acids is 1. The van der Waals surface area contributed by atoms with E-state index in [0.717, 1.165) is 10.4 Å². The fraction of sp³-hybridized carbons (Fsp3) is 0.333. The van der Waals surface area contributed by atoms with E-state index in [4.69, 9.17) is 9.84 Å². The van der Waals surface area contributed by atoms with Gasteiger partial charge in [0, 0.05) is 17.5 Å². The smallest absolute Gasteiger partial charge is 0.353 e. The first kappa shape index (κ1) is 22.3. The molecule has 0 radical (unpaired) electrons. The van der Waals surface area contributed by atoms with Crippen molar-refractivity contribution in [2.45, 2.75) is 33.6 Å². The highest BCUT2D eigenvalue weighted by atomic mass is 32.1. The number of hydrogen-bond acceptors (Lipinski definition) is 6. The second kappa shape index (κ2) is 10.1. The van der Waals surface area contributed by atoms with Gasteiger partial charge in [-0.25, -0.2) is 19.6 Å². The number of imidazole rings is 1. The van der Waals surface area contributed by atoms with E-state index in [1.165, 1.54) is 17.5 Å². The first-order chi connectivity index (χ1) is 14.8. The van der Waals surface area contributed by atoms with Crippen LogP contribution in [0, 0.1) is 12.8 Å². The summed E-state index contributed by atoms with van der Waals surface area (Å²) in [5.74, 6) is 0.544. The number of thiazole rings is 1.